The summed E-state index contributed by atoms with van der Waals surface area (Å²) in [5.74, 6) is 6.91. The van der Waals surface area contributed by atoms with Crippen LogP contribution >= 0.6 is 11.6 Å². The second-order valence-corrected chi connectivity index (χ2v) is 12.8. The SMILES string of the molecule is C.CC#CC.Cc1cc(O)ccc1-c1c(C)ncnc1C.Cc1cc(Oc2ncnn3cccc23)ccc1-c1c(C)ncnc1C.Clc1ncnn2cccc12.O=CO[O-].[Cs+].[Cs+].[H-]. The molecule has 8 aromatic rings. The van der Waals surface area contributed by atoms with Crippen LogP contribution in [0, 0.1) is 53.4 Å². The Morgan fingerprint density at radius 2 is 1.13 bits per heavy atom. The van der Waals surface area contributed by atoms with E-state index in [1.807, 2.05) is 109 Å². The Balaban J connectivity index is 0.000000873. The molecule has 15 nitrogen and oxygen atoms in total. The standard InChI is InChI=1S/C19H17N5O.C13H14N2O.C6H4ClN3.C4H6.CH2O3.CH4.2Cs.H/c1-12-9-15(25-19-17-5-4-8-24(17)23-11-22-19)6-7-16(12)18-13(2)20-10-21-14(18)3;1-8-6-11(16)4-5-12(8)13-9(2)14-7-15-10(13)3;7-6-5-2-1-3-10(5)9-4-8-6;1-3-4-2;2-1-4-3;;;;/h4-11H,1-3H3;4-7,16H,1-3H3;1-4H;1-2H3;1,3H;1H4;;;/q;;;;;;2*+1;-1/p-1. The molecule has 62 heavy (non-hydrogen) atoms. The number of aromatic nitrogens is 10. The zero-order valence-corrected chi connectivity index (χ0v) is 49.1. The van der Waals surface area contributed by atoms with Crippen LogP contribution in [0.5, 0.6) is 17.4 Å². The minimum atomic E-state index is -0.181. The summed E-state index contributed by atoms with van der Waals surface area (Å²) in [6.07, 6.45) is 9.76. The van der Waals surface area contributed by atoms with E-state index in [9.17, 15) is 5.11 Å². The number of phenolic OH excluding ortho intramolecular Hbond substituents is 1. The number of aryl methyl sites for hydroxylation is 6. The second kappa shape index (κ2) is 29.3. The molecule has 6 heterocycles. The fourth-order valence-corrected chi connectivity index (χ4v) is 5.93. The van der Waals surface area contributed by atoms with Gasteiger partial charge in [0.15, 0.2) is 5.15 Å². The minimum absolute atomic E-state index is 0. The van der Waals surface area contributed by atoms with E-state index in [0.717, 1.165) is 72.9 Å². The number of ether oxygens (including phenoxy) is 1. The van der Waals surface area contributed by atoms with Crippen LogP contribution in [-0.4, -0.2) is 60.7 Å². The number of hydrogen-bond donors (Lipinski definition) is 1. The van der Waals surface area contributed by atoms with Gasteiger partial charge >= 0.3 is 138 Å². The molecule has 0 saturated heterocycles. The molecule has 0 bridgehead atoms. The number of fused-ring (bicyclic) bond motifs is 2. The fraction of sp³-hybridized carbons (Fsp3) is 0.205. The van der Waals surface area contributed by atoms with Crippen molar-refractivity contribution in [1.29, 1.82) is 0 Å². The Bertz CT molecular complexity index is 2680. The van der Waals surface area contributed by atoms with Crippen LogP contribution in [0.2, 0.25) is 5.15 Å². The summed E-state index contributed by atoms with van der Waals surface area (Å²) in [6, 6.07) is 18.9. The first-order chi connectivity index (χ1) is 28.4. The fourth-order valence-electron chi connectivity index (χ4n) is 5.74. The third-order valence-corrected chi connectivity index (χ3v) is 8.78. The number of nitrogens with zero attached hydrogens (tertiary/aromatic N) is 10. The third-order valence-electron chi connectivity index (χ3n) is 8.49. The van der Waals surface area contributed by atoms with Gasteiger partial charge in [-0.1, -0.05) is 31.2 Å². The Morgan fingerprint density at radius 3 is 1.58 bits per heavy atom. The maximum absolute atomic E-state index is 9.39. The van der Waals surface area contributed by atoms with Crippen molar-refractivity contribution in [1.82, 2.24) is 49.1 Å². The maximum atomic E-state index is 9.39. The van der Waals surface area contributed by atoms with E-state index >= 15 is 0 Å². The average Bonchev–Trinajstić information content (AvgIpc) is 3.92. The van der Waals surface area contributed by atoms with Crippen molar-refractivity contribution in [3.8, 4) is 51.5 Å². The molecule has 18 heteroatoms. The first-order valence-corrected chi connectivity index (χ1v) is 18.2. The van der Waals surface area contributed by atoms with Crippen molar-refractivity contribution in [3.05, 3.63) is 137 Å². The third kappa shape index (κ3) is 16.1. The van der Waals surface area contributed by atoms with E-state index in [4.69, 9.17) is 26.4 Å². The quantitative estimate of drug-likeness (QED) is 0.115. The van der Waals surface area contributed by atoms with Crippen LogP contribution in [-0.2, 0) is 9.68 Å². The molecule has 0 aliphatic rings. The van der Waals surface area contributed by atoms with Gasteiger partial charge in [0, 0.05) is 46.3 Å². The Kier molecular flexibility index (Phi) is 26.9. The smallest absolute Gasteiger partial charge is 1.00 e. The molecule has 0 fully saturated rings. The molecule has 0 radical (unpaired) electrons. The topological polar surface area (TPSA) is 191 Å². The largest absolute Gasteiger partial charge is 1.00 e. The summed E-state index contributed by atoms with van der Waals surface area (Å²) in [6.45, 7) is 15.4. The van der Waals surface area contributed by atoms with E-state index in [1.165, 1.54) is 12.7 Å². The van der Waals surface area contributed by atoms with Crippen LogP contribution in [0.4, 0.5) is 0 Å². The predicted octanol–water partition coefficient (Wildman–Crippen LogP) is 2.28. The van der Waals surface area contributed by atoms with Crippen molar-refractivity contribution in [3.63, 3.8) is 0 Å². The maximum Gasteiger partial charge on any atom is 1.00 e. The van der Waals surface area contributed by atoms with Gasteiger partial charge in [-0.2, -0.15) is 15.2 Å². The molecule has 0 saturated carbocycles. The van der Waals surface area contributed by atoms with Gasteiger partial charge in [0.05, 0.1) is 0 Å². The number of phenols is 1. The summed E-state index contributed by atoms with van der Waals surface area (Å²) in [4.78, 5) is 36.3. The Labute approximate surface area is 485 Å². The Morgan fingerprint density at radius 1 is 0.677 bits per heavy atom. The van der Waals surface area contributed by atoms with E-state index in [1.54, 1.807) is 33.8 Å². The van der Waals surface area contributed by atoms with Gasteiger partial charge < -0.3 is 21.4 Å². The zero-order valence-electron chi connectivity index (χ0n) is 36.7. The van der Waals surface area contributed by atoms with Gasteiger partial charge in [0.2, 0.25) is 5.88 Å². The normalized spacial score (nSPS) is 9.39. The molecule has 0 unspecified atom stereocenters. The summed E-state index contributed by atoms with van der Waals surface area (Å²) in [5.41, 5.74) is 12.0. The molecule has 0 atom stereocenters. The first kappa shape index (κ1) is 56.8. The summed E-state index contributed by atoms with van der Waals surface area (Å²) in [7, 11) is 0. The van der Waals surface area contributed by atoms with Crippen LogP contribution in [0.15, 0.2) is 98.4 Å². The molecule has 0 aliphatic heterocycles. The van der Waals surface area contributed by atoms with E-state index in [-0.39, 0.29) is 159 Å². The van der Waals surface area contributed by atoms with Gasteiger partial charge in [0.1, 0.15) is 47.8 Å². The number of rotatable bonds is 5. The number of carbonyl (C=O) groups excluding carboxylic acids is 1. The molecular weight excluding hydrogens is 1050 g/mol. The van der Waals surface area contributed by atoms with Crippen molar-refractivity contribution in [2.75, 3.05) is 0 Å². The van der Waals surface area contributed by atoms with Crippen LogP contribution < -0.4 is 148 Å². The Hall–Kier alpha value is -3.18. The summed E-state index contributed by atoms with van der Waals surface area (Å²) in [5, 5.41) is 26.4. The van der Waals surface area contributed by atoms with Gasteiger partial charge in [0.25, 0.3) is 6.47 Å². The van der Waals surface area contributed by atoms with E-state index < -0.39 is 0 Å². The van der Waals surface area contributed by atoms with Crippen LogP contribution in [0.1, 0.15) is 56.6 Å². The summed E-state index contributed by atoms with van der Waals surface area (Å²) < 4.78 is 9.39. The van der Waals surface area contributed by atoms with Crippen LogP contribution in [0.3, 0.4) is 0 Å². The molecule has 1 N–H and O–H groups in total. The number of carbonyl (C=O) groups is 1. The average molecular weight is 1100 g/mol. The zero-order chi connectivity index (χ0) is 42.9. The van der Waals surface area contributed by atoms with Crippen molar-refractivity contribution >= 4 is 29.1 Å². The van der Waals surface area contributed by atoms with Crippen molar-refractivity contribution in [2.24, 2.45) is 0 Å². The molecule has 2 aromatic carbocycles. The number of hydrogen-bond acceptors (Lipinski definition) is 13. The number of halogens is 1. The van der Waals surface area contributed by atoms with E-state index in [0.29, 0.717) is 11.0 Å². The molecule has 6 aromatic heterocycles. The van der Waals surface area contributed by atoms with Crippen molar-refractivity contribution in [2.45, 2.75) is 62.8 Å². The van der Waals surface area contributed by atoms with Gasteiger partial charge in [-0.25, -0.2) is 34.0 Å². The minimum Gasteiger partial charge on any atom is -1.00 e. The summed E-state index contributed by atoms with van der Waals surface area (Å²) >= 11 is 5.73. The predicted molar refractivity (Wildman–Crippen MR) is 230 cm³/mol. The van der Waals surface area contributed by atoms with Gasteiger partial charge in [-0.3, -0.25) is 4.79 Å². The van der Waals surface area contributed by atoms with Gasteiger partial charge in [-0.05, 0) is 126 Å². The molecular formula is C44H47ClCs2N10O5. The monoisotopic (exact) mass is 1100 g/mol. The molecule has 312 valence electrons. The van der Waals surface area contributed by atoms with E-state index in [2.05, 4.69) is 63.8 Å². The first-order valence-electron chi connectivity index (χ1n) is 17.9. The van der Waals surface area contributed by atoms with Crippen molar-refractivity contribution < 1.29 is 164 Å². The van der Waals surface area contributed by atoms with Gasteiger partial charge in [-0.15, -0.1) is 11.8 Å². The number of aromatic hydroxyl groups is 1. The number of benzene rings is 2. The molecule has 0 spiro atoms. The molecule has 0 amide bonds. The molecule has 8 rings (SSSR count). The second-order valence-electron chi connectivity index (χ2n) is 12.4. The van der Waals surface area contributed by atoms with Crippen LogP contribution in [0.25, 0.3) is 33.3 Å². The molecule has 0 aliphatic carbocycles.